The zero-order valence-corrected chi connectivity index (χ0v) is 19.4. The Bertz CT molecular complexity index is 1220. The van der Waals surface area contributed by atoms with Crippen LogP contribution in [-0.4, -0.2) is 30.8 Å². The maximum absolute atomic E-state index is 12.8. The molecule has 0 bridgehead atoms. The third kappa shape index (κ3) is 5.18. The standard InChI is InChI=1S/C28H26F3NO4/c29-28(30,31)36-24-3-1-2-20(15-24)27-26(25-9-8-23(34)14-21(25)17-35-27)19-4-6-22(7-5-19)32-12-10-18(16-33)11-13-32/h1-9,14-16,18,26-27,34H,10-13,17H2/t26-,27-/m1/s1. The fourth-order valence-electron chi connectivity index (χ4n) is 5.18. The monoisotopic (exact) mass is 497 g/mol. The van der Waals surface area contributed by atoms with Crippen molar-refractivity contribution in [2.75, 3.05) is 18.0 Å². The minimum absolute atomic E-state index is 0.116. The van der Waals surface area contributed by atoms with Gasteiger partial charge in [0.15, 0.2) is 0 Å². The van der Waals surface area contributed by atoms with Gasteiger partial charge in [0.05, 0.1) is 12.7 Å². The predicted molar refractivity (Wildman–Crippen MR) is 128 cm³/mol. The zero-order chi connectivity index (χ0) is 25.3. The number of aromatic hydroxyl groups is 1. The van der Waals surface area contributed by atoms with Crippen LogP contribution in [0.2, 0.25) is 0 Å². The van der Waals surface area contributed by atoms with Crippen LogP contribution in [0.3, 0.4) is 0 Å². The summed E-state index contributed by atoms with van der Waals surface area (Å²) in [5.74, 6) is -0.354. The van der Waals surface area contributed by atoms with Gasteiger partial charge in [-0.15, -0.1) is 13.2 Å². The van der Waals surface area contributed by atoms with Gasteiger partial charge in [0.1, 0.15) is 17.8 Å². The van der Waals surface area contributed by atoms with E-state index in [4.69, 9.17) is 4.74 Å². The van der Waals surface area contributed by atoms with E-state index in [0.29, 0.717) is 5.56 Å². The number of phenols is 1. The van der Waals surface area contributed by atoms with Crippen LogP contribution < -0.4 is 9.64 Å². The lowest BCUT2D eigenvalue weighted by Gasteiger charge is -2.35. The number of carbonyl (C=O) groups is 1. The van der Waals surface area contributed by atoms with Crippen LogP contribution in [0.4, 0.5) is 18.9 Å². The number of rotatable bonds is 5. The number of anilines is 1. The largest absolute Gasteiger partial charge is 0.573 e. The Morgan fingerprint density at radius 1 is 0.972 bits per heavy atom. The first-order valence-electron chi connectivity index (χ1n) is 11.9. The molecule has 0 amide bonds. The Morgan fingerprint density at radius 3 is 2.42 bits per heavy atom. The molecule has 1 saturated heterocycles. The Morgan fingerprint density at radius 2 is 1.72 bits per heavy atom. The van der Waals surface area contributed by atoms with E-state index in [0.717, 1.165) is 54.6 Å². The molecule has 2 aliphatic heterocycles. The highest BCUT2D eigenvalue weighted by Crippen LogP contribution is 2.46. The number of alkyl halides is 3. The van der Waals surface area contributed by atoms with Gasteiger partial charge in [-0.05, 0) is 71.5 Å². The summed E-state index contributed by atoms with van der Waals surface area (Å²) in [6, 6.07) is 19.1. The smallest absolute Gasteiger partial charge is 0.508 e. The van der Waals surface area contributed by atoms with Gasteiger partial charge < -0.3 is 24.3 Å². The van der Waals surface area contributed by atoms with Gasteiger partial charge in [0, 0.05) is 30.6 Å². The van der Waals surface area contributed by atoms with Gasteiger partial charge in [0.2, 0.25) is 0 Å². The molecule has 0 aromatic heterocycles. The molecule has 5 nitrogen and oxygen atoms in total. The summed E-state index contributed by atoms with van der Waals surface area (Å²) in [7, 11) is 0. The summed E-state index contributed by atoms with van der Waals surface area (Å²) >= 11 is 0. The van der Waals surface area contributed by atoms with E-state index in [1.165, 1.54) is 18.2 Å². The van der Waals surface area contributed by atoms with E-state index in [-0.39, 0.29) is 29.9 Å². The number of nitrogens with zero attached hydrogens (tertiary/aromatic N) is 1. The SMILES string of the molecule is O=CC1CCN(c2ccc([C@@H]3c4ccc(O)cc4CO[C@@H]3c3cccc(OC(F)(F)F)c3)cc2)CC1. The molecule has 5 rings (SSSR count). The number of fused-ring (bicyclic) bond motifs is 1. The van der Waals surface area contributed by atoms with Crippen LogP contribution in [0.5, 0.6) is 11.5 Å². The number of phenolic OH excluding ortho intramolecular Hbond substituents is 1. The molecule has 0 radical (unpaired) electrons. The molecule has 188 valence electrons. The van der Waals surface area contributed by atoms with Crippen molar-refractivity contribution < 1.29 is 32.5 Å². The minimum atomic E-state index is -4.79. The molecule has 1 N–H and O–H groups in total. The lowest BCUT2D eigenvalue weighted by atomic mass is 9.79. The zero-order valence-electron chi connectivity index (χ0n) is 19.4. The first kappa shape index (κ1) is 24.2. The van der Waals surface area contributed by atoms with Crippen molar-refractivity contribution in [2.45, 2.75) is 37.8 Å². The fourth-order valence-corrected chi connectivity index (χ4v) is 5.18. The summed E-state index contributed by atoms with van der Waals surface area (Å²) in [5.41, 5.74) is 4.35. The van der Waals surface area contributed by atoms with Crippen molar-refractivity contribution in [1.82, 2.24) is 0 Å². The second-order valence-corrected chi connectivity index (χ2v) is 9.26. The number of hydrogen-bond donors (Lipinski definition) is 1. The van der Waals surface area contributed by atoms with Crippen LogP contribution in [0.15, 0.2) is 66.7 Å². The Kier molecular flexibility index (Phi) is 6.62. The molecule has 0 spiro atoms. The van der Waals surface area contributed by atoms with Crippen LogP contribution >= 0.6 is 0 Å². The van der Waals surface area contributed by atoms with Gasteiger partial charge >= 0.3 is 6.36 Å². The van der Waals surface area contributed by atoms with Crippen LogP contribution in [0.25, 0.3) is 0 Å². The van der Waals surface area contributed by atoms with Crippen molar-refractivity contribution in [2.24, 2.45) is 5.92 Å². The molecule has 36 heavy (non-hydrogen) atoms. The predicted octanol–water partition coefficient (Wildman–Crippen LogP) is 6.11. The van der Waals surface area contributed by atoms with Gasteiger partial charge in [-0.3, -0.25) is 0 Å². The highest BCUT2D eigenvalue weighted by Gasteiger charge is 2.35. The molecular weight excluding hydrogens is 471 g/mol. The molecule has 2 heterocycles. The molecule has 2 atom stereocenters. The molecule has 3 aromatic carbocycles. The number of aldehydes is 1. The average Bonchev–Trinajstić information content (AvgIpc) is 2.87. The summed E-state index contributed by atoms with van der Waals surface area (Å²) in [4.78, 5) is 13.3. The first-order chi connectivity index (χ1) is 17.3. The van der Waals surface area contributed by atoms with E-state index in [9.17, 15) is 23.1 Å². The third-order valence-electron chi connectivity index (χ3n) is 6.95. The Labute approximate surface area is 207 Å². The molecule has 2 aliphatic rings. The Hall–Kier alpha value is -3.52. The summed E-state index contributed by atoms with van der Waals surface area (Å²) < 4.78 is 48.8. The molecule has 8 heteroatoms. The molecule has 0 aliphatic carbocycles. The molecule has 1 fully saturated rings. The van der Waals surface area contributed by atoms with E-state index in [2.05, 4.69) is 9.64 Å². The van der Waals surface area contributed by atoms with Crippen molar-refractivity contribution in [3.05, 3.63) is 89.0 Å². The highest BCUT2D eigenvalue weighted by atomic mass is 19.4. The number of benzene rings is 3. The van der Waals surface area contributed by atoms with Crippen molar-refractivity contribution in [1.29, 1.82) is 0 Å². The van der Waals surface area contributed by atoms with Gasteiger partial charge in [-0.25, -0.2) is 0 Å². The van der Waals surface area contributed by atoms with Crippen molar-refractivity contribution >= 4 is 12.0 Å². The fraction of sp³-hybridized carbons (Fsp3) is 0.321. The van der Waals surface area contributed by atoms with Gasteiger partial charge in [-0.1, -0.05) is 30.3 Å². The number of hydrogen-bond acceptors (Lipinski definition) is 5. The third-order valence-corrected chi connectivity index (χ3v) is 6.95. The van der Waals surface area contributed by atoms with Crippen LogP contribution in [0, 0.1) is 5.92 Å². The summed E-state index contributed by atoms with van der Waals surface area (Å²) in [6.45, 7) is 1.84. The second-order valence-electron chi connectivity index (χ2n) is 9.26. The van der Waals surface area contributed by atoms with E-state index in [1.807, 2.05) is 30.3 Å². The number of carbonyl (C=O) groups excluding carboxylic acids is 1. The van der Waals surface area contributed by atoms with E-state index in [1.54, 1.807) is 18.2 Å². The average molecular weight is 498 g/mol. The molecule has 0 unspecified atom stereocenters. The first-order valence-corrected chi connectivity index (χ1v) is 11.9. The normalized spacial score (nSPS) is 20.6. The summed E-state index contributed by atoms with van der Waals surface area (Å²) in [6.07, 6.45) is -2.64. The minimum Gasteiger partial charge on any atom is -0.508 e. The second kappa shape index (κ2) is 9.85. The molecular formula is C28H26F3NO4. The van der Waals surface area contributed by atoms with Crippen molar-refractivity contribution in [3.8, 4) is 11.5 Å². The highest BCUT2D eigenvalue weighted by molar-refractivity contribution is 5.56. The van der Waals surface area contributed by atoms with Crippen molar-refractivity contribution in [3.63, 3.8) is 0 Å². The molecule has 3 aromatic rings. The maximum Gasteiger partial charge on any atom is 0.573 e. The Balaban J connectivity index is 1.48. The van der Waals surface area contributed by atoms with E-state index >= 15 is 0 Å². The topological polar surface area (TPSA) is 59.0 Å². The van der Waals surface area contributed by atoms with E-state index < -0.39 is 12.5 Å². The van der Waals surface area contributed by atoms with Gasteiger partial charge in [-0.2, -0.15) is 0 Å². The number of ether oxygens (including phenoxy) is 2. The van der Waals surface area contributed by atoms with Crippen LogP contribution in [-0.2, 0) is 16.1 Å². The van der Waals surface area contributed by atoms with Crippen LogP contribution in [0.1, 0.15) is 47.1 Å². The lowest BCUT2D eigenvalue weighted by Crippen LogP contribution is -2.34. The lowest BCUT2D eigenvalue weighted by molar-refractivity contribution is -0.274. The van der Waals surface area contributed by atoms with Gasteiger partial charge in [0.25, 0.3) is 0 Å². The quantitative estimate of drug-likeness (QED) is 0.431. The summed E-state index contributed by atoms with van der Waals surface area (Å²) in [5, 5.41) is 9.98. The molecule has 0 saturated carbocycles. The number of piperidine rings is 1. The number of halogens is 3. The maximum atomic E-state index is 12.8.